The van der Waals surface area contributed by atoms with Crippen LogP contribution in [0.4, 0.5) is 0 Å². The van der Waals surface area contributed by atoms with Crippen LogP contribution in [0.2, 0.25) is 0 Å². The second-order valence-electron chi connectivity index (χ2n) is 6.51. The fourth-order valence-electron chi connectivity index (χ4n) is 3.63. The zero-order valence-electron chi connectivity index (χ0n) is 14.8. The summed E-state index contributed by atoms with van der Waals surface area (Å²) in [6.45, 7) is 3.04. The lowest BCUT2D eigenvalue weighted by Crippen LogP contribution is -2.36. The average molecular weight is 353 g/mol. The van der Waals surface area contributed by atoms with E-state index in [0.717, 1.165) is 42.3 Å². The van der Waals surface area contributed by atoms with Gasteiger partial charge in [0.15, 0.2) is 0 Å². The fourth-order valence-corrected chi connectivity index (χ4v) is 3.63. The maximum Gasteiger partial charge on any atom is 0.122 e. The Morgan fingerprint density at radius 3 is 3.12 bits per heavy atom. The molecule has 0 radical (unpaired) electrons. The van der Waals surface area contributed by atoms with Crippen molar-refractivity contribution in [2.45, 2.75) is 25.6 Å². The van der Waals surface area contributed by atoms with E-state index in [2.05, 4.69) is 24.4 Å². The number of nitrogens with one attached hydrogen (secondary N) is 1. The number of phenols is 1. The Bertz CT molecular complexity index is 872. The van der Waals surface area contributed by atoms with E-state index >= 15 is 0 Å². The van der Waals surface area contributed by atoms with E-state index in [1.54, 1.807) is 19.5 Å². The Balaban J connectivity index is 1.65. The van der Waals surface area contributed by atoms with Crippen LogP contribution in [0.25, 0.3) is 0 Å². The van der Waals surface area contributed by atoms with Gasteiger partial charge in [-0.3, -0.25) is 4.90 Å². The van der Waals surface area contributed by atoms with Crippen molar-refractivity contribution in [3.63, 3.8) is 0 Å². The van der Waals surface area contributed by atoms with Gasteiger partial charge >= 0.3 is 0 Å². The number of nitrogens with zero attached hydrogens (tertiary/aromatic N) is 4. The first kappa shape index (κ1) is 16.8. The molecule has 1 atom stereocenters. The van der Waals surface area contributed by atoms with Crippen molar-refractivity contribution in [3.05, 3.63) is 65.8 Å². The van der Waals surface area contributed by atoms with E-state index in [9.17, 15) is 5.11 Å². The number of phenolic OH excluding ortho intramolecular Hbond substituents is 1. The van der Waals surface area contributed by atoms with Crippen LogP contribution in [0.3, 0.4) is 0 Å². The van der Waals surface area contributed by atoms with Crippen LogP contribution < -0.4 is 0 Å². The van der Waals surface area contributed by atoms with Crippen LogP contribution >= 0.6 is 0 Å². The highest BCUT2D eigenvalue weighted by molar-refractivity contribution is 5.36. The highest BCUT2D eigenvalue weighted by Gasteiger charge is 2.31. The molecule has 0 aliphatic carbocycles. The summed E-state index contributed by atoms with van der Waals surface area (Å²) in [5, 5.41) is 9.95. The number of aromatic amines is 1. The van der Waals surface area contributed by atoms with Gasteiger partial charge in [-0.2, -0.15) is 0 Å². The van der Waals surface area contributed by atoms with Crippen molar-refractivity contribution in [2.24, 2.45) is 0 Å². The molecular weight excluding hydrogens is 330 g/mol. The van der Waals surface area contributed by atoms with Crippen LogP contribution in [0.5, 0.6) is 5.75 Å². The first-order valence-electron chi connectivity index (χ1n) is 8.80. The third-order valence-corrected chi connectivity index (χ3v) is 4.89. The van der Waals surface area contributed by atoms with Crippen molar-refractivity contribution in [2.75, 3.05) is 20.3 Å². The monoisotopic (exact) mass is 353 g/mol. The van der Waals surface area contributed by atoms with Crippen molar-refractivity contribution in [1.29, 1.82) is 0 Å². The number of hydrogen-bond acceptors (Lipinski definition) is 5. The Morgan fingerprint density at radius 2 is 2.27 bits per heavy atom. The normalized spacial score (nSPS) is 17.3. The van der Waals surface area contributed by atoms with Gasteiger partial charge < -0.3 is 19.4 Å². The summed E-state index contributed by atoms with van der Waals surface area (Å²) in [6, 6.07) is 7.42. The third kappa shape index (κ3) is 3.23. The molecule has 3 aromatic rings. The molecule has 136 valence electrons. The van der Waals surface area contributed by atoms with E-state index in [1.165, 1.54) is 0 Å². The van der Waals surface area contributed by atoms with Gasteiger partial charge in [0.1, 0.15) is 11.6 Å². The van der Waals surface area contributed by atoms with E-state index in [1.807, 2.05) is 30.6 Å². The molecule has 0 saturated heterocycles. The van der Waals surface area contributed by atoms with Crippen LogP contribution in [0, 0.1) is 0 Å². The fraction of sp³-hybridized carbons (Fsp3) is 0.368. The van der Waals surface area contributed by atoms with Crippen LogP contribution in [0.15, 0.2) is 43.0 Å². The number of aromatic hydroxyl groups is 1. The quantitative estimate of drug-likeness (QED) is 0.709. The molecule has 3 heterocycles. The molecule has 2 N–H and O–H groups in total. The molecule has 7 heteroatoms. The van der Waals surface area contributed by atoms with Crippen molar-refractivity contribution < 1.29 is 9.84 Å². The SMILES string of the molecule is COCCn1ccnc1CN1CCc2[nH]cnc2[C@H]1c1cccc(O)c1. The van der Waals surface area contributed by atoms with Crippen molar-refractivity contribution >= 4 is 0 Å². The summed E-state index contributed by atoms with van der Waals surface area (Å²) < 4.78 is 7.32. The Labute approximate surface area is 152 Å². The number of H-pyrrole nitrogens is 1. The van der Waals surface area contributed by atoms with Crippen molar-refractivity contribution in [1.82, 2.24) is 24.4 Å². The highest BCUT2D eigenvalue weighted by atomic mass is 16.5. The lowest BCUT2D eigenvalue weighted by atomic mass is 9.95. The number of ether oxygens (including phenoxy) is 1. The zero-order chi connectivity index (χ0) is 17.9. The second-order valence-corrected chi connectivity index (χ2v) is 6.51. The minimum absolute atomic E-state index is 0.00956. The predicted octanol–water partition coefficient (Wildman–Crippen LogP) is 2.11. The average Bonchev–Trinajstić information content (AvgIpc) is 3.29. The molecule has 0 unspecified atom stereocenters. The highest BCUT2D eigenvalue weighted by Crippen LogP contribution is 2.35. The summed E-state index contributed by atoms with van der Waals surface area (Å²) in [5.41, 5.74) is 3.22. The Hall–Kier alpha value is -2.64. The number of rotatable bonds is 6. The van der Waals surface area contributed by atoms with Crippen LogP contribution in [-0.4, -0.2) is 49.8 Å². The van der Waals surface area contributed by atoms with Crippen LogP contribution in [0.1, 0.15) is 28.8 Å². The molecule has 4 rings (SSSR count). The number of benzene rings is 1. The van der Waals surface area contributed by atoms with Gasteiger partial charge in [0, 0.05) is 44.7 Å². The summed E-state index contributed by atoms with van der Waals surface area (Å²) in [5.74, 6) is 1.28. The standard InChI is InChI=1S/C19H23N5O2/c1-26-10-9-23-8-6-20-17(23)12-24-7-5-16-18(22-13-21-16)19(24)14-3-2-4-15(25)11-14/h2-4,6,8,11,13,19,25H,5,7,9-10,12H2,1H3,(H,21,22)/t19-/m1/s1. The second kappa shape index (κ2) is 7.31. The first-order valence-corrected chi connectivity index (χ1v) is 8.80. The van der Waals surface area contributed by atoms with Gasteiger partial charge in [0.25, 0.3) is 0 Å². The minimum atomic E-state index is -0.00956. The first-order chi connectivity index (χ1) is 12.8. The summed E-state index contributed by atoms with van der Waals surface area (Å²) in [6.07, 6.45) is 6.49. The van der Waals surface area contributed by atoms with E-state index in [0.29, 0.717) is 13.2 Å². The van der Waals surface area contributed by atoms with Gasteiger partial charge in [-0.1, -0.05) is 12.1 Å². The Morgan fingerprint density at radius 1 is 1.35 bits per heavy atom. The molecule has 0 saturated carbocycles. The van der Waals surface area contributed by atoms with Gasteiger partial charge in [-0.15, -0.1) is 0 Å². The molecule has 0 bridgehead atoms. The van der Waals surface area contributed by atoms with E-state index < -0.39 is 0 Å². The summed E-state index contributed by atoms with van der Waals surface area (Å²) >= 11 is 0. The summed E-state index contributed by atoms with van der Waals surface area (Å²) in [4.78, 5) is 14.7. The van der Waals surface area contributed by atoms with Gasteiger partial charge in [0.2, 0.25) is 0 Å². The molecule has 7 nitrogen and oxygen atoms in total. The minimum Gasteiger partial charge on any atom is -0.508 e. The maximum atomic E-state index is 9.95. The molecular formula is C19H23N5O2. The zero-order valence-corrected chi connectivity index (χ0v) is 14.8. The number of imidazole rings is 2. The molecule has 1 aromatic carbocycles. The number of methoxy groups -OCH3 is 1. The molecule has 1 aliphatic rings. The number of fused-ring (bicyclic) bond motifs is 1. The topological polar surface area (TPSA) is 79.2 Å². The smallest absolute Gasteiger partial charge is 0.122 e. The molecule has 2 aromatic heterocycles. The van der Waals surface area contributed by atoms with Gasteiger partial charge in [-0.25, -0.2) is 9.97 Å². The molecule has 0 fully saturated rings. The summed E-state index contributed by atoms with van der Waals surface area (Å²) in [7, 11) is 1.71. The lowest BCUT2D eigenvalue weighted by Gasteiger charge is -2.35. The van der Waals surface area contributed by atoms with Gasteiger partial charge in [-0.05, 0) is 17.7 Å². The number of aromatic nitrogens is 4. The molecule has 26 heavy (non-hydrogen) atoms. The maximum absolute atomic E-state index is 9.95. The molecule has 0 amide bonds. The largest absolute Gasteiger partial charge is 0.508 e. The predicted molar refractivity (Wildman–Crippen MR) is 96.8 cm³/mol. The van der Waals surface area contributed by atoms with Crippen LogP contribution in [-0.2, 0) is 24.2 Å². The van der Waals surface area contributed by atoms with Crippen molar-refractivity contribution in [3.8, 4) is 5.75 Å². The Kier molecular flexibility index (Phi) is 4.73. The third-order valence-electron chi connectivity index (χ3n) is 4.89. The van der Waals surface area contributed by atoms with E-state index in [4.69, 9.17) is 4.74 Å². The van der Waals surface area contributed by atoms with Gasteiger partial charge in [0.05, 0.1) is 31.2 Å². The molecule has 0 spiro atoms. The number of hydrogen-bond donors (Lipinski definition) is 2. The lowest BCUT2D eigenvalue weighted by molar-refractivity contribution is 0.175. The van der Waals surface area contributed by atoms with E-state index in [-0.39, 0.29) is 11.8 Å². The molecule has 1 aliphatic heterocycles.